The summed E-state index contributed by atoms with van der Waals surface area (Å²) < 4.78 is 0. The maximum absolute atomic E-state index is 10.8. The fourth-order valence-electron chi connectivity index (χ4n) is 0.995. The van der Waals surface area contributed by atoms with E-state index in [-0.39, 0.29) is 5.56 Å². The minimum Gasteiger partial charge on any atom is -0.478 e. The van der Waals surface area contributed by atoms with E-state index < -0.39 is 17.1 Å². The van der Waals surface area contributed by atoms with Gasteiger partial charge in [0.1, 0.15) is 0 Å². The average Bonchev–Trinajstić information content (AvgIpc) is 2.18. The Morgan fingerprint density at radius 2 is 2.00 bits per heavy atom. The second-order valence-corrected chi connectivity index (χ2v) is 4.35. The second kappa shape index (κ2) is 4.84. The van der Waals surface area contributed by atoms with Crippen LogP contribution in [-0.4, -0.2) is 22.2 Å². The van der Waals surface area contributed by atoms with Gasteiger partial charge < -0.3 is 10.8 Å². The van der Waals surface area contributed by atoms with Crippen LogP contribution in [0.5, 0.6) is 0 Å². The van der Waals surface area contributed by atoms with E-state index in [1.807, 2.05) is 0 Å². The lowest BCUT2D eigenvalue weighted by Gasteiger charge is -2.08. The van der Waals surface area contributed by atoms with Crippen molar-refractivity contribution >= 4 is 23.6 Å². The number of amides is 1. The highest BCUT2D eigenvalue weighted by Crippen LogP contribution is 2.26. The van der Waals surface area contributed by atoms with Crippen LogP contribution in [0, 0.1) is 0 Å². The summed E-state index contributed by atoms with van der Waals surface area (Å²) in [6, 6.07) is 6.52. The topological polar surface area (TPSA) is 80.4 Å². The predicted molar refractivity (Wildman–Crippen MR) is 57.9 cm³/mol. The summed E-state index contributed by atoms with van der Waals surface area (Å²) in [5.41, 5.74) is 5.29. The van der Waals surface area contributed by atoms with Crippen LogP contribution in [0.25, 0.3) is 0 Å². The zero-order chi connectivity index (χ0) is 11.4. The monoisotopic (exact) mass is 225 g/mol. The number of carboxylic acids is 1. The highest BCUT2D eigenvalue weighted by Gasteiger charge is 2.15. The number of hydrogen-bond acceptors (Lipinski definition) is 3. The van der Waals surface area contributed by atoms with Crippen molar-refractivity contribution in [2.45, 2.75) is 17.1 Å². The molecule has 0 saturated carbocycles. The van der Waals surface area contributed by atoms with Gasteiger partial charge in [-0.15, -0.1) is 11.8 Å². The van der Waals surface area contributed by atoms with E-state index in [0.29, 0.717) is 4.90 Å². The molecule has 1 rings (SSSR count). The normalized spacial score (nSPS) is 12.1. The second-order valence-electron chi connectivity index (χ2n) is 2.96. The van der Waals surface area contributed by atoms with Crippen LogP contribution in [0.4, 0.5) is 0 Å². The van der Waals surface area contributed by atoms with Crippen molar-refractivity contribution in [2.75, 3.05) is 0 Å². The van der Waals surface area contributed by atoms with E-state index in [9.17, 15) is 9.59 Å². The third kappa shape index (κ3) is 2.99. The molecule has 0 saturated heterocycles. The molecule has 1 amide bonds. The molecule has 0 aliphatic heterocycles. The first-order chi connectivity index (χ1) is 7.02. The molecule has 4 nitrogen and oxygen atoms in total. The van der Waals surface area contributed by atoms with Gasteiger partial charge in [0, 0.05) is 4.90 Å². The summed E-state index contributed by atoms with van der Waals surface area (Å²) in [5.74, 6) is -1.46. The number of primary amides is 1. The number of nitrogens with two attached hydrogens (primary N) is 1. The molecule has 3 N–H and O–H groups in total. The molecular formula is C10H11NO3S. The Kier molecular flexibility index (Phi) is 3.74. The van der Waals surface area contributed by atoms with E-state index in [0.717, 1.165) is 11.8 Å². The fourth-order valence-corrected chi connectivity index (χ4v) is 1.93. The number of aromatic carboxylic acids is 1. The van der Waals surface area contributed by atoms with Gasteiger partial charge in [-0.1, -0.05) is 12.1 Å². The number of carbonyl (C=O) groups excluding carboxylic acids is 1. The molecule has 15 heavy (non-hydrogen) atoms. The number of benzene rings is 1. The average molecular weight is 225 g/mol. The number of carbonyl (C=O) groups is 2. The van der Waals surface area contributed by atoms with Crippen molar-refractivity contribution in [1.29, 1.82) is 0 Å². The molecule has 1 atom stereocenters. The van der Waals surface area contributed by atoms with Crippen molar-refractivity contribution in [1.82, 2.24) is 0 Å². The van der Waals surface area contributed by atoms with E-state index >= 15 is 0 Å². The Morgan fingerprint density at radius 1 is 1.40 bits per heavy atom. The molecular weight excluding hydrogens is 214 g/mol. The Morgan fingerprint density at radius 3 is 2.53 bits per heavy atom. The molecule has 1 aromatic rings. The van der Waals surface area contributed by atoms with E-state index in [1.54, 1.807) is 25.1 Å². The quantitative estimate of drug-likeness (QED) is 0.758. The van der Waals surface area contributed by atoms with Crippen LogP contribution in [-0.2, 0) is 4.79 Å². The highest BCUT2D eigenvalue weighted by atomic mass is 32.2. The first kappa shape index (κ1) is 11.6. The number of rotatable bonds is 4. The van der Waals surface area contributed by atoms with Gasteiger partial charge >= 0.3 is 5.97 Å². The van der Waals surface area contributed by atoms with Gasteiger partial charge in [-0.25, -0.2) is 4.79 Å². The molecule has 0 spiro atoms. The minimum atomic E-state index is -1.00. The van der Waals surface area contributed by atoms with Crippen molar-refractivity contribution in [3.8, 4) is 0 Å². The standard InChI is InChI=1S/C10H11NO3S/c1-6(9(11)12)15-8-5-3-2-4-7(8)10(13)14/h2-6H,1H3,(H2,11,12)(H,13,14)/t6-/m0/s1. The van der Waals surface area contributed by atoms with Gasteiger partial charge in [-0.05, 0) is 19.1 Å². The lowest BCUT2D eigenvalue weighted by Crippen LogP contribution is -2.22. The van der Waals surface area contributed by atoms with Crippen molar-refractivity contribution in [3.63, 3.8) is 0 Å². The van der Waals surface area contributed by atoms with Gasteiger partial charge in [0.15, 0.2) is 0 Å². The van der Waals surface area contributed by atoms with E-state index in [4.69, 9.17) is 10.8 Å². The molecule has 0 unspecified atom stereocenters. The number of hydrogen-bond donors (Lipinski definition) is 2. The first-order valence-corrected chi connectivity index (χ1v) is 5.18. The Hall–Kier alpha value is -1.49. The van der Waals surface area contributed by atoms with Crippen molar-refractivity contribution < 1.29 is 14.7 Å². The molecule has 0 fully saturated rings. The summed E-state index contributed by atoms with van der Waals surface area (Å²) >= 11 is 1.15. The van der Waals surface area contributed by atoms with Crippen LogP contribution in [0.1, 0.15) is 17.3 Å². The zero-order valence-electron chi connectivity index (χ0n) is 8.14. The van der Waals surface area contributed by atoms with Crippen LogP contribution in [0.3, 0.4) is 0 Å². The summed E-state index contributed by atoms with van der Waals surface area (Å²) in [7, 11) is 0. The highest BCUT2D eigenvalue weighted by molar-refractivity contribution is 8.00. The number of thioether (sulfide) groups is 1. The van der Waals surface area contributed by atoms with Crippen molar-refractivity contribution in [2.24, 2.45) is 5.73 Å². The Labute approximate surface area is 91.5 Å². The summed E-state index contributed by atoms with van der Waals surface area (Å²) in [6.07, 6.45) is 0. The third-order valence-corrected chi connectivity index (χ3v) is 3.02. The molecule has 0 radical (unpaired) electrons. The van der Waals surface area contributed by atoms with Gasteiger partial charge in [-0.2, -0.15) is 0 Å². The predicted octanol–water partition coefficient (Wildman–Crippen LogP) is 1.35. The maximum Gasteiger partial charge on any atom is 0.336 e. The van der Waals surface area contributed by atoms with Gasteiger partial charge in [0.25, 0.3) is 0 Å². The minimum absolute atomic E-state index is 0.190. The fraction of sp³-hybridized carbons (Fsp3) is 0.200. The zero-order valence-corrected chi connectivity index (χ0v) is 8.95. The maximum atomic E-state index is 10.8. The van der Waals surface area contributed by atoms with Crippen LogP contribution < -0.4 is 5.73 Å². The Balaban J connectivity index is 2.94. The molecule has 0 aromatic heterocycles. The summed E-state index contributed by atoms with van der Waals surface area (Å²) in [4.78, 5) is 22.2. The molecule has 0 bridgehead atoms. The molecule has 0 aliphatic carbocycles. The molecule has 0 aliphatic rings. The third-order valence-electron chi connectivity index (χ3n) is 1.82. The van der Waals surface area contributed by atoms with Gasteiger partial charge in [-0.3, -0.25) is 4.79 Å². The molecule has 5 heteroatoms. The SMILES string of the molecule is C[C@H](Sc1ccccc1C(=O)O)C(N)=O. The van der Waals surface area contributed by atoms with Crippen molar-refractivity contribution in [3.05, 3.63) is 29.8 Å². The van der Waals surface area contributed by atoms with Crippen LogP contribution in [0.15, 0.2) is 29.2 Å². The molecule has 1 aromatic carbocycles. The molecule has 0 heterocycles. The largest absolute Gasteiger partial charge is 0.478 e. The van der Waals surface area contributed by atoms with E-state index in [2.05, 4.69) is 0 Å². The van der Waals surface area contributed by atoms with Gasteiger partial charge in [0.05, 0.1) is 10.8 Å². The summed E-state index contributed by atoms with van der Waals surface area (Å²) in [5, 5.41) is 8.45. The molecule has 80 valence electrons. The van der Waals surface area contributed by atoms with Crippen LogP contribution in [0.2, 0.25) is 0 Å². The lowest BCUT2D eigenvalue weighted by molar-refractivity contribution is -0.117. The van der Waals surface area contributed by atoms with E-state index in [1.165, 1.54) is 6.07 Å². The first-order valence-electron chi connectivity index (χ1n) is 4.30. The Bertz CT molecular complexity index is 392. The van der Waals surface area contributed by atoms with Gasteiger partial charge in [0.2, 0.25) is 5.91 Å². The summed E-state index contributed by atoms with van der Waals surface area (Å²) in [6.45, 7) is 1.64. The van der Waals surface area contributed by atoms with Crippen LogP contribution >= 0.6 is 11.8 Å². The lowest BCUT2D eigenvalue weighted by atomic mass is 10.2. The number of carboxylic acid groups (broad SMARTS) is 1. The smallest absolute Gasteiger partial charge is 0.336 e.